The van der Waals surface area contributed by atoms with Crippen LogP contribution in [0.1, 0.15) is 52.4 Å². The Kier molecular flexibility index (Phi) is 4.97. The van der Waals surface area contributed by atoms with Gasteiger partial charge in [-0.15, -0.1) is 0 Å². The molecule has 1 aromatic heterocycles. The Bertz CT molecular complexity index is 430. The molecular formula is C14H23ClN2O. The summed E-state index contributed by atoms with van der Waals surface area (Å²) in [5, 5.41) is 5.10. The molecule has 0 spiro atoms. The Labute approximate surface area is 115 Å². The van der Waals surface area contributed by atoms with Crippen LogP contribution in [0, 0.1) is 5.41 Å². The van der Waals surface area contributed by atoms with Gasteiger partial charge in [0.25, 0.3) is 0 Å². The summed E-state index contributed by atoms with van der Waals surface area (Å²) in [5.74, 6) is 0.224. The molecule has 0 saturated heterocycles. The molecule has 0 fully saturated rings. The summed E-state index contributed by atoms with van der Waals surface area (Å²) in [6, 6.07) is 0. The second-order valence-corrected chi connectivity index (χ2v) is 6.21. The van der Waals surface area contributed by atoms with Gasteiger partial charge in [0.05, 0.1) is 16.4 Å². The molecule has 1 heterocycles. The summed E-state index contributed by atoms with van der Waals surface area (Å²) in [7, 11) is 0. The number of halogens is 1. The van der Waals surface area contributed by atoms with Crippen LogP contribution >= 0.6 is 11.6 Å². The lowest BCUT2D eigenvalue weighted by Crippen LogP contribution is -2.16. The van der Waals surface area contributed by atoms with Crippen molar-refractivity contribution in [3.8, 4) is 0 Å². The molecule has 0 aliphatic heterocycles. The maximum absolute atomic E-state index is 12.0. The lowest BCUT2D eigenvalue weighted by Gasteiger charge is -2.16. The molecule has 0 radical (unpaired) electrons. The first-order valence-corrected chi connectivity index (χ1v) is 6.92. The number of hydrogen-bond acceptors (Lipinski definition) is 2. The van der Waals surface area contributed by atoms with Gasteiger partial charge < -0.3 is 0 Å². The maximum atomic E-state index is 12.0. The van der Waals surface area contributed by atoms with Crippen LogP contribution in [0.5, 0.6) is 0 Å². The Morgan fingerprint density at radius 1 is 1.33 bits per heavy atom. The predicted molar refractivity (Wildman–Crippen MR) is 75.1 cm³/mol. The SMILES string of the molecule is CCc1nn(CC)c(CC(=O)CC(C)(C)C)c1Cl. The van der Waals surface area contributed by atoms with Crippen molar-refractivity contribution in [3.05, 3.63) is 16.4 Å². The van der Waals surface area contributed by atoms with Gasteiger partial charge in [0.1, 0.15) is 5.78 Å². The Morgan fingerprint density at radius 3 is 2.39 bits per heavy atom. The largest absolute Gasteiger partial charge is 0.299 e. The standard InChI is InChI=1S/C14H23ClN2O/c1-6-11-13(15)12(17(7-2)16-11)8-10(18)9-14(3,4)5/h6-9H2,1-5H3. The van der Waals surface area contributed by atoms with Gasteiger partial charge in [-0.1, -0.05) is 39.3 Å². The molecule has 1 aromatic rings. The van der Waals surface area contributed by atoms with Crippen molar-refractivity contribution in [1.29, 1.82) is 0 Å². The van der Waals surface area contributed by atoms with Gasteiger partial charge in [-0.2, -0.15) is 5.10 Å². The van der Waals surface area contributed by atoms with Gasteiger partial charge >= 0.3 is 0 Å². The highest BCUT2D eigenvalue weighted by Gasteiger charge is 2.21. The summed E-state index contributed by atoms with van der Waals surface area (Å²) >= 11 is 6.29. The van der Waals surface area contributed by atoms with E-state index in [0.29, 0.717) is 17.9 Å². The third-order valence-corrected chi connectivity index (χ3v) is 3.22. The summed E-state index contributed by atoms with van der Waals surface area (Å²) in [6.07, 6.45) is 1.75. The molecule has 0 N–H and O–H groups in total. The van der Waals surface area contributed by atoms with Crippen LogP contribution in [0.15, 0.2) is 0 Å². The quantitative estimate of drug-likeness (QED) is 0.818. The minimum Gasteiger partial charge on any atom is -0.299 e. The summed E-state index contributed by atoms with van der Waals surface area (Å²) in [6.45, 7) is 11.0. The van der Waals surface area contributed by atoms with Crippen molar-refractivity contribution in [3.63, 3.8) is 0 Å². The summed E-state index contributed by atoms with van der Waals surface area (Å²) < 4.78 is 1.85. The van der Waals surface area contributed by atoms with Crippen LogP contribution in [-0.2, 0) is 24.2 Å². The van der Waals surface area contributed by atoms with Crippen LogP contribution in [0.3, 0.4) is 0 Å². The molecule has 4 heteroatoms. The van der Waals surface area contributed by atoms with Crippen molar-refractivity contribution in [1.82, 2.24) is 9.78 Å². The first kappa shape index (κ1) is 15.2. The fourth-order valence-electron chi connectivity index (χ4n) is 2.03. The number of ketones is 1. The van der Waals surface area contributed by atoms with E-state index in [1.807, 2.05) is 18.5 Å². The third kappa shape index (κ3) is 3.84. The van der Waals surface area contributed by atoms with Crippen molar-refractivity contribution in [2.75, 3.05) is 0 Å². The van der Waals surface area contributed by atoms with Crippen molar-refractivity contribution in [2.45, 2.75) is 60.4 Å². The fourth-order valence-corrected chi connectivity index (χ4v) is 2.36. The highest BCUT2D eigenvalue weighted by Crippen LogP contribution is 2.25. The average Bonchev–Trinajstić information content (AvgIpc) is 2.53. The number of nitrogens with zero attached hydrogens (tertiary/aromatic N) is 2. The lowest BCUT2D eigenvalue weighted by atomic mass is 9.89. The number of carbonyl (C=O) groups is 1. The van der Waals surface area contributed by atoms with Gasteiger partial charge in [0.2, 0.25) is 0 Å². The average molecular weight is 271 g/mol. The molecular weight excluding hydrogens is 248 g/mol. The van der Waals surface area contributed by atoms with Gasteiger partial charge in [-0.05, 0) is 18.8 Å². The Hall–Kier alpha value is -0.830. The number of hydrogen-bond donors (Lipinski definition) is 0. The molecule has 0 aromatic carbocycles. The lowest BCUT2D eigenvalue weighted by molar-refractivity contribution is -0.120. The second kappa shape index (κ2) is 5.87. The van der Waals surface area contributed by atoms with E-state index in [1.54, 1.807) is 0 Å². The Balaban J connectivity index is 2.90. The van der Waals surface area contributed by atoms with Crippen LogP contribution in [-0.4, -0.2) is 15.6 Å². The minimum atomic E-state index is 0.0220. The zero-order chi connectivity index (χ0) is 13.9. The molecule has 18 heavy (non-hydrogen) atoms. The topological polar surface area (TPSA) is 34.9 Å². The zero-order valence-corrected chi connectivity index (χ0v) is 12.8. The van der Waals surface area contributed by atoms with E-state index < -0.39 is 0 Å². The molecule has 0 unspecified atom stereocenters. The summed E-state index contributed by atoms with van der Waals surface area (Å²) in [4.78, 5) is 12.0. The number of Topliss-reactive ketones (excluding diaryl/α,β-unsaturated/α-hetero) is 1. The number of aromatic nitrogens is 2. The van der Waals surface area contributed by atoms with E-state index >= 15 is 0 Å². The monoisotopic (exact) mass is 270 g/mol. The van der Waals surface area contributed by atoms with Crippen molar-refractivity contribution >= 4 is 17.4 Å². The minimum absolute atomic E-state index is 0.0220. The zero-order valence-electron chi connectivity index (χ0n) is 12.0. The van der Waals surface area contributed by atoms with Crippen LogP contribution in [0.2, 0.25) is 5.02 Å². The fraction of sp³-hybridized carbons (Fsp3) is 0.714. The molecule has 0 saturated carbocycles. The van der Waals surface area contributed by atoms with Crippen LogP contribution < -0.4 is 0 Å². The molecule has 0 bridgehead atoms. The normalized spacial score (nSPS) is 11.9. The number of aryl methyl sites for hydroxylation is 2. The molecule has 0 aliphatic rings. The van der Waals surface area contributed by atoms with Gasteiger partial charge in [-0.3, -0.25) is 9.48 Å². The van der Waals surface area contributed by atoms with Gasteiger partial charge in [-0.25, -0.2) is 0 Å². The molecule has 3 nitrogen and oxygen atoms in total. The summed E-state index contributed by atoms with van der Waals surface area (Å²) in [5.41, 5.74) is 1.77. The number of rotatable bonds is 5. The van der Waals surface area contributed by atoms with Gasteiger partial charge in [0, 0.05) is 19.4 Å². The molecule has 1 rings (SSSR count). The molecule has 0 aliphatic carbocycles. The smallest absolute Gasteiger partial charge is 0.139 e. The predicted octanol–water partition coefficient (Wildman–Crippen LogP) is 3.67. The van der Waals surface area contributed by atoms with Crippen LogP contribution in [0.25, 0.3) is 0 Å². The highest BCUT2D eigenvalue weighted by atomic mass is 35.5. The van der Waals surface area contributed by atoms with Crippen LogP contribution in [0.4, 0.5) is 0 Å². The van der Waals surface area contributed by atoms with E-state index in [1.165, 1.54) is 0 Å². The molecule has 0 atom stereocenters. The third-order valence-electron chi connectivity index (χ3n) is 2.79. The second-order valence-electron chi connectivity index (χ2n) is 5.83. The molecule has 102 valence electrons. The van der Waals surface area contributed by atoms with Crippen molar-refractivity contribution < 1.29 is 4.79 Å². The van der Waals surface area contributed by atoms with E-state index in [9.17, 15) is 4.79 Å². The maximum Gasteiger partial charge on any atom is 0.139 e. The Morgan fingerprint density at radius 2 is 1.94 bits per heavy atom. The van der Waals surface area contributed by atoms with E-state index in [0.717, 1.165) is 24.4 Å². The first-order chi connectivity index (χ1) is 8.28. The first-order valence-electron chi connectivity index (χ1n) is 6.54. The van der Waals surface area contributed by atoms with E-state index in [4.69, 9.17) is 11.6 Å². The highest BCUT2D eigenvalue weighted by molar-refractivity contribution is 6.32. The van der Waals surface area contributed by atoms with Gasteiger partial charge in [0.15, 0.2) is 0 Å². The van der Waals surface area contributed by atoms with E-state index in [2.05, 4.69) is 25.9 Å². The number of carbonyl (C=O) groups excluding carboxylic acids is 1. The van der Waals surface area contributed by atoms with Crippen molar-refractivity contribution in [2.24, 2.45) is 5.41 Å². The molecule has 0 amide bonds. The van der Waals surface area contributed by atoms with E-state index in [-0.39, 0.29) is 11.2 Å².